The third-order valence-electron chi connectivity index (χ3n) is 9.46. The van der Waals surface area contributed by atoms with Crippen molar-refractivity contribution in [1.29, 1.82) is 0 Å². The average molecular weight is 869 g/mol. The first-order chi connectivity index (χ1) is 27.4. The van der Waals surface area contributed by atoms with Crippen molar-refractivity contribution >= 4 is 44.2 Å². The highest BCUT2D eigenvalue weighted by molar-refractivity contribution is 7.87. The van der Waals surface area contributed by atoms with Crippen LogP contribution >= 0.6 is 0 Å². The summed E-state index contributed by atoms with van der Waals surface area (Å²) in [6.07, 6.45) is -1.80. The van der Waals surface area contributed by atoms with Gasteiger partial charge in [0.05, 0.1) is 36.8 Å². The Kier molecular flexibility index (Phi) is 20.1. The van der Waals surface area contributed by atoms with Crippen LogP contribution in [0.3, 0.4) is 0 Å². The number of carbonyl (C=O) groups excluding carboxylic acids is 4. The summed E-state index contributed by atoms with van der Waals surface area (Å²) in [5.41, 5.74) is 11.9. The molecule has 2 aromatic carbocycles. The van der Waals surface area contributed by atoms with E-state index in [1.807, 2.05) is 12.1 Å². The molecule has 4 N–H and O–H groups in total. The van der Waals surface area contributed by atoms with Crippen LogP contribution in [0.2, 0.25) is 0 Å². The van der Waals surface area contributed by atoms with E-state index in [9.17, 15) is 36.0 Å². The van der Waals surface area contributed by atoms with E-state index in [1.165, 1.54) is 0 Å². The van der Waals surface area contributed by atoms with Crippen molar-refractivity contribution in [3.63, 3.8) is 0 Å². The Labute approximate surface area is 350 Å². The molecule has 0 fully saturated rings. The van der Waals surface area contributed by atoms with Gasteiger partial charge in [0.1, 0.15) is 13.2 Å². The van der Waals surface area contributed by atoms with Gasteiger partial charge in [0.2, 0.25) is 11.8 Å². The van der Waals surface area contributed by atoms with E-state index in [0.717, 1.165) is 20.9 Å². The molecule has 0 spiro atoms. The fourth-order valence-corrected chi connectivity index (χ4v) is 7.52. The average Bonchev–Trinajstić information content (AvgIpc) is 3.17. The topological polar surface area (TPSA) is 232 Å². The lowest BCUT2D eigenvalue weighted by molar-refractivity contribution is -0.133. The van der Waals surface area contributed by atoms with E-state index in [1.54, 1.807) is 104 Å². The Morgan fingerprint density at radius 2 is 0.915 bits per heavy atom. The van der Waals surface area contributed by atoms with Crippen LogP contribution < -0.4 is 11.5 Å². The number of amides is 4. The molecule has 0 unspecified atom stereocenters. The number of nitrogens with zero attached hydrogens (tertiary/aromatic N) is 2. The minimum absolute atomic E-state index is 0.0629. The Morgan fingerprint density at radius 1 is 0.593 bits per heavy atom. The molecule has 18 heteroatoms. The number of rotatable bonds is 24. The molecule has 0 bridgehead atoms. The summed E-state index contributed by atoms with van der Waals surface area (Å²) < 4.78 is 72.5. The van der Waals surface area contributed by atoms with Crippen LogP contribution in [0.1, 0.15) is 85.8 Å². The fraction of sp³-hybridized carbons (Fsp3) is 0.610. The molecular weight excluding hydrogens is 805 g/mol. The molecule has 4 amide bonds. The summed E-state index contributed by atoms with van der Waals surface area (Å²) in [6, 6.07) is 15.9. The second-order valence-corrected chi connectivity index (χ2v) is 20.3. The van der Waals surface area contributed by atoms with Crippen LogP contribution in [-0.4, -0.2) is 101 Å². The first-order valence-corrected chi connectivity index (χ1v) is 22.8. The van der Waals surface area contributed by atoms with Crippen LogP contribution in [0.25, 0.3) is 0 Å². The monoisotopic (exact) mass is 868 g/mol. The zero-order valence-electron chi connectivity index (χ0n) is 35.6. The number of hydrogen-bond acceptors (Lipinski definition) is 14. The minimum Gasteiger partial charge on any atom is -0.444 e. The highest BCUT2D eigenvalue weighted by Gasteiger charge is 2.34. The van der Waals surface area contributed by atoms with E-state index < -0.39 is 78.7 Å². The molecule has 0 heterocycles. The number of carbonyl (C=O) groups is 4. The summed E-state index contributed by atoms with van der Waals surface area (Å²) >= 11 is 0. The normalized spacial score (nSPS) is 13.5. The van der Waals surface area contributed by atoms with Crippen molar-refractivity contribution in [2.24, 2.45) is 34.1 Å². The van der Waals surface area contributed by atoms with Gasteiger partial charge >= 0.3 is 12.2 Å². The van der Waals surface area contributed by atoms with Gasteiger partial charge in [0, 0.05) is 13.1 Å². The molecular formula is C41H64N4O12S2. The molecule has 2 rings (SSSR count). The third kappa shape index (κ3) is 18.9. The van der Waals surface area contributed by atoms with Crippen LogP contribution in [-0.2, 0) is 60.9 Å². The first-order valence-electron chi connectivity index (χ1n) is 19.6. The van der Waals surface area contributed by atoms with E-state index in [0.29, 0.717) is 0 Å². The van der Waals surface area contributed by atoms with Gasteiger partial charge in [-0.25, -0.2) is 19.4 Å². The largest absolute Gasteiger partial charge is 0.444 e. The molecule has 59 heavy (non-hydrogen) atoms. The zero-order valence-corrected chi connectivity index (χ0v) is 37.3. The quantitative estimate of drug-likeness (QED) is 0.129. The molecule has 0 radical (unpaired) electrons. The fourth-order valence-electron chi connectivity index (χ4n) is 5.11. The Morgan fingerprint density at radius 3 is 1.22 bits per heavy atom. The van der Waals surface area contributed by atoms with Crippen LogP contribution in [0, 0.1) is 22.7 Å². The second kappa shape index (κ2) is 23.2. The maximum atomic E-state index is 13.2. The molecule has 332 valence electrons. The van der Waals surface area contributed by atoms with Gasteiger partial charge < -0.3 is 20.9 Å². The molecule has 0 saturated heterocycles. The third-order valence-corrected chi connectivity index (χ3v) is 12.0. The Bertz CT molecular complexity index is 1740. The maximum absolute atomic E-state index is 13.2. The number of benzene rings is 2. The standard InChI is InChI=1S/C41H64N4O12S2/c1-30(2)34(42)36(46)44(38(48)54-26-32-16-11-9-12-17-32)22-20-40(5,6)28-56-58(50,51)24-15-25-59(52,53)57-29-41(7,8)21-23-45(37(47)35(43)31(3)4)39(49)55-27-33-18-13-10-14-19-33/h9-14,16-19,30-31,34-35H,15,20-29,42-43H2,1-8H3/t34-,35-/m0/s1. The molecule has 0 aliphatic rings. The highest BCUT2D eigenvalue weighted by atomic mass is 32.2. The number of imide groups is 2. The van der Waals surface area contributed by atoms with Gasteiger partial charge in [-0.1, -0.05) is 116 Å². The molecule has 2 atom stereocenters. The van der Waals surface area contributed by atoms with Crippen molar-refractivity contribution < 1.29 is 53.9 Å². The lowest BCUT2D eigenvalue weighted by Crippen LogP contribution is -2.50. The van der Waals surface area contributed by atoms with Crippen molar-refractivity contribution in [3.05, 3.63) is 71.8 Å². The molecule has 0 saturated carbocycles. The summed E-state index contributed by atoms with van der Waals surface area (Å²) in [7, 11) is -8.38. The van der Waals surface area contributed by atoms with Crippen molar-refractivity contribution in [2.75, 3.05) is 37.8 Å². The van der Waals surface area contributed by atoms with Crippen molar-refractivity contribution in [3.8, 4) is 0 Å². The van der Waals surface area contributed by atoms with Gasteiger partial charge in [0.25, 0.3) is 20.2 Å². The van der Waals surface area contributed by atoms with Gasteiger partial charge in [-0.2, -0.15) is 16.8 Å². The van der Waals surface area contributed by atoms with Gasteiger partial charge in [-0.15, -0.1) is 0 Å². The summed E-state index contributed by atoms with van der Waals surface area (Å²) in [6.45, 7) is 12.8. The molecule has 0 aromatic heterocycles. The van der Waals surface area contributed by atoms with E-state index in [4.69, 9.17) is 29.3 Å². The summed E-state index contributed by atoms with van der Waals surface area (Å²) in [4.78, 5) is 54.3. The molecule has 0 aliphatic carbocycles. The smallest absolute Gasteiger partial charge is 0.416 e. The highest BCUT2D eigenvalue weighted by Crippen LogP contribution is 2.25. The molecule has 0 aliphatic heterocycles. The predicted molar refractivity (Wildman–Crippen MR) is 223 cm³/mol. The predicted octanol–water partition coefficient (Wildman–Crippen LogP) is 5.20. The second-order valence-electron chi connectivity index (χ2n) is 16.8. The van der Waals surface area contributed by atoms with Gasteiger partial charge in [-0.05, 0) is 53.1 Å². The molecule has 2 aromatic rings. The van der Waals surface area contributed by atoms with Crippen LogP contribution in [0.15, 0.2) is 60.7 Å². The van der Waals surface area contributed by atoms with E-state index in [2.05, 4.69) is 0 Å². The van der Waals surface area contributed by atoms with Gasteiger partial charge in [0.15, 0.2) is 0 Å². The molecule has 16 nitrogen and oxygen atoms in total. The lowest BCUT2D eigenvalue weighted by atomic mass is 9.90. The maximum Gasteiger partial charge on any atom is 0.416 e. The Hall–Kier alpha value is -3.94. The Balaban J connectivity index is 1.92. The van der Waals surface area contributed by atoms with Crippen LogP contribution in [0.5, 0.6) is 0 Å². The summed E-state index contributed by atoms with van der Waals surface area (Å²) in [5, 5.41) is 0. The number of ether oxygens (including phenoxy) is 2. The van der Waals surface area contributed by atoms with Gasteiger partial charge in [-0.3, -0.25) is 18.0 Å². The SMILES string of the molecule is CC(C)[C@H](N)C(=O)N(CCC(C)(C)COS(=O)(=O)CCCS(=O)(=O)OCC(C)(C)CCN(C(=O)OCc1ccccc1)C(=O)[C@@H](N)C(C)C)C(=O)OCc1ccccc1. The number of hydrogen-bond donors (Lipinski definition) is 2. The van der Waals surface area contributed by atoms with Crippen molar-refractivity contribution in [1.82, 2.24) is 9.80 Å². The van der Waals surface area contributed by atoms with Crippen LogP contribution in [0.4, 0.5) is 9.59 Å². The zero-order chi connectivity index (χ0) is 44.6. The number of nitrogens with two attached hydrogens (primary N) is 2. The van der Waals surface area contributed by atoms with E-state index >= 15 is 0 Å². The lowest BCUT2D eigenvalue weighted by Gasteiger charge is -2.30. The van der Waals surface area contributed by atoms with Crippen molar-refractivity contribution in [2.45, 2.75) is 99.9 Å². The van der Waals surface area contributed by atoms with E-state index in [-0.39, 0.29) is 70.6 Å². The summed E-state index contributed by atoms with van der Waals surface area (Å²) in [5.74, 6) is -3.02. The minimum atomic E-state index is -4.19. The first kappa shape index (κ1) is 51.2.